The summed E-state index contributed by atoms with van der Waals surface area (Å²) in [5.74, 6) is -0.480. The number of hydrogen-bond acceptors (Lipinski definition) is 6. The van der Waals surface area contributed by atoms with Crippen molar-refractivity contribution in [2.24, 2.45) is 17.8 Å². The van der Waals surface area contributed by atoms with E-state index in [0.717, 1.165) is 16.7 Å². The summed E-state index contributed by atoms with van der Waals surface area (Å²) < 4.78 is 6.59. The van der Waals surface area contributed by atoms with Gasteiger partial charge in [-0.3, -0.25) is 19.8 Å². The molecule has 2 amide bonds. The molecule has 1 heterocycles. The lowest BCUT2D eigenvalue weighted by Gasteiger charge is -2.14. The maximum absolute atomic E-state index is 13.0. The number of carbonyl (C=O) groups is 2. The van der Waals surface area contributed by atoms with Crippen LogP contribution in [0.5, 0.6) is 0 Å². The molecule has 1 aromatic heterocycles. The summed E-state index contributed by atoms with van der Waals surface area (Å²) in [4.78, 5) is 40.4. The molecule has 0 saturated carbocycles. The van der Waals surface area contributed by atoms with Gasteiger partial charge in [-0.15, -0.1) is 0 Å². The molecule has 0 aliphatic rings. The molecule has 0 bridgehead atoms. The molecule has 198 valence electrons. The van der Waals surface area contributed by atoms with Gasteiger partial charge in [0.25, 0.3) is 11.5 Å². The third-order valence-electron chi connectivity index (χ3n) is 6.11. The van der Waals surface area contributed by atoms with Crippen LogP contribution in [0.15, 0.2) is 81.0 Å². The number of rotatable bonds is 7. The van der Waals surface area contributed by atoms with Crippen LogP contribution in [0.4, 0.5) is 11.4 Å². The van der Waals surface area contributed by atoms with Crippen LogP contribution in [0, 0.1) is 12.3 Å². The van der Waals surface area contributed by atoms with Gasteiger partial charge >= 0.3 is 0 Å². The normalized spacial score (nSPS) is 11.2. The van der Waals surface area contributed by atoms with Crippen LogP contribution < -0.4 is 21.9 Å². The van der Waals surface area contributed by atoms with Crippen LogP contribution in [0.25, 0.3) is 22.3 Å². The van der Waals surface area contributed by atoms with Crippen molar-refractivity contribution in [3.63, 3.8) is 0 Å². The van der Waals surface area contributed by atoms with E-state index in [2.05, 4.69) is 15.6 Å². The largest absolute Gasteiger partial charge is 0.388 e. The van der Waals surface area contributed by atoms with Crippen molar-refractivity contribution in [1.29, 1.82) is 5.41 Å². The van der Waals surface area contributed by atoms with E-state index in [-0.39, 0.29) is 17.1 Å². The van der Waals surface area contributed by atoms with Crippen LogP contribution in [0.2, 0.25) is 0 Å². The fraction of sp³-hybridized carbons (Fsp3) is 0.138. The van der Waals surface area contributed by atoms with Crippen molar-refractivity contribution in [1.82, 2.24) is 4.74 Å². The summed E-state index contributed by atoms with van der Waals surface area (Å²) in [6.07, 6.45) is 0. The number of aromatic nitrogens is 1. The van der Waals surface area contributed by atoms with E-state index in [1.807, 2.05) is 30.3 Å². The molecule has 0 spiro atoms. The van der Waals surface area contributed by atoms with E-state index >= 15 is 0 Å². The van der Waals surface area contributed by atoms with Crippen molar-refractivity contribution in [2.45, 2.75) is 13.8 Å². The van der Waals surface area contributed by atoms with E-state index in [0.29, 0.717) is 33.8 Å². The zero-order valence-corrected chi connectivity index (χ0v) is 22.0. The van der Waals surface area contributed by atoms with Gasteiger partial charge in [0, 0.05) is 43.5 Å². The number of amidine groups is 1. The maximum atomic E-state index is 13.0. The molecule has 0 fully saturated rings. The van der Waals surface area contributed by atoms with E-state index in [1.165, 1.54) is 11.7 Å². The van der Waals surface area contributed by atoms with Crippen LogP contribution >= 0.6 is 0 Å². The minimum absolute atomic E-state index is 0.0353. The molecule has 0 aliphatic heterocycles. The second-order valence-corrected chi connectivity index (χ2v) is 8.84. The molecule has 5 N–H and O–H groups in total. The van der Waals surface area contributed by atoms with Gasteiger partial charge in [-0.05, 0) is 47.9 Å². The first-order chi connectivity index (χ1) is 18.6. The Bertz CT molecular complexity index is 1680. The lowest BCUT2D eigenvalue weighted by molar-refractivity contribution is -0.115. The van der Waals surface area contributed by atoms with Gasteiger partial charge in [0.1, 0.15) is 17.3 Å². The highest BCUT2D eigenvalue weighted by Crippen LogP contribution is 2.29. The van der Waals surface area contributed by atoms with E-state index in [4.69, 9.17) is 15.7 Å². The standard InChI is InChI=1S/C29H28N6O4/c1-16-25(29(38)35(4)39-16)19-10-8-18(9-11-19)20-12-13-24(32-3)23(15-20)26(30)28(37)34-22-7-5-6-21(14-22)27(31)33-17(2)36/h5-15,30,32H,1-4H3,(H,34,37)(H2,31,33,36). The smallest absolute Gasteiger partial charge is 0.290 e. The zero-order chi connectivity index (χ0) is 28.3. The maximum Gasteiger partial charge on any atom is 0.290 e. The first-order valence-corrected chi connectivity index (χ1v) is 12.0. The molecule has 0 unspecified atom stereocenters. The molecular formula is C29H28N6O4. The van der Waals surface area contributed by atoms with Gasteiger partial charge in [0.2, 0.25) is 5.91 Å². The number of nitrogens with two attached hydrogens (primary N) is 1. The van der Waals surface area contributed by atoms with E-state index < -0.39 is 11.8 Å². The average Bonchev–Trinajstić information content (AvgIpc) is 3.18. The van der Waals surface area contributed by atoms with Gasteiger partial charge in [-0.2, -0.15) is 9.73 Å². The Kier molecular flexibility index (Phi) is 7.57. The number of benzene rings is 3. The molecule has 0 saturated heterocycles. The number of amides is 2. The van der Waals surface area contributed by atoms with Crippen molar-refractivity contribution >= 4 is 34.7 Å². The Morgan fingerprint density at radius 2 is 1.67 bits per heavy atom. The summed E-state index contributed by atoms with van der Waals surface area (Å²) in [6.45, 7) is 3.04. The third kappa shape index (κ3) is 5.69. The highest BCUT2D eigenvalue weighted by Gasteiger charge is 2.18. The second-order valence-electron chi connectivity index (χ2n) is 8.84. The number of nitrogens with one attached hydrogen (secondary N) is 3. The minimum Gasteiger partial charge on any atom is -0.388 e. The molecule has 3 aromatic carbocycles. The molecule has 10 nitrogen and oxygen atoms in total. The predicted molar refractivity (Wildman–Crippen MR) is 152 cm³/mol. The Hall–Kier alpha value is -5.25. The highest BCUT2D eigenvalue weighted by molar-refractivity contribution is 6.48. The first kappa shape index (κ1) is 26.8. The summed E-state index contributed by atoms with van der Waals surface area (Å²) in [6, 6.07) is 19.5. The molecule has 0 aliphatic carbocycles. The van der Waals surface area contributed by atoms with Gasteiger partial charge in [-0.25, -0.2) is 0 Å². The number of carbonyl (C=O) groups excluding carboxylic acids is 2. The minimum atomic E-state index is -0.621. The third-order valence-corrected chi connectivity index (χ3v) is 6.11. The number of aryl methyl sites for hydroxylation is 2. The molecule has 4 rings (SSSR count). The predicted octanol–water partition coefficient (Wildman–Crippen LogP) is 3.92. The SMILES string of the molecule is CNc1ccc(-c2ccc(-c3c(C)on(C)c3=O)cc2)cc1C(=N)C(=O)Nc1cccc(C(N)=NC(C)=O)c1. The van der Waals surface area contributed by atoms with Crippen LogP contribution in [-0.2, 0) is 16.6 Å². The summed E-state index contributed by atoms with van der Waals surface area (Å²) in [5, 5.41) is 14.4. The zero-order valence-electron chi connectivity index (χ0n) is 22.0. The van der Waals surface area contributed by atoms with E-state index in [9.17, 15) is 14.4 Å². The summed E-state index contributed by atoms with van der Waals surface area (Å²) in [7, 11) is 3.28. The number of hydrogen-bond donors (Lipinski definition) is 4. The molecule has 4 aromatic rings. The lowest BCUT2D eigenvalue weighted by atomic mass is 9.97. The Balaban J connectivity index is 1.60. The summed E-state index contributed by atoms with van der Waals surface area (Å²) in [5.41, 5.74) is 10.2. The number of aliphatic imine (C=N–C) groups is 1. The molecule has 10 heteroatoms. The second kappa shape index (κ2) is 11.0. The van der Waals surface area contributed by atoms with Crippen LogP contribution in [0.3, 0.4) is 0 Å². The Labute approximate surface area is 224 Å². The van der Waals surface area contributed by atoms with E-state index in [1.54, 1.807) is 57.4 Å². The summed E-state index contributed by atoms with van der Waals surface area (Å²) >= 11 is 0. The molecule has 0 atom stereocenters. The molecular weight excluding hydrogens is 496 g/mol. The fourth-order valence-electron chi connectivity index (χ4n) is 4.21. The number of nitrogens with zero attached hydrogens (tertiary/aromatic N) is 2. The molecule has 0 radical (unpaired) electrons. The van der Waals surface area contributed by atoms with Crippen LogP contribution in [-0.4, -0.2) is 35.1 Å². The van der Waals surface area contributed by atoms with Gasteiger partial charge in [0.15, 0.2) is 0 Å². The number of anilines is 2. The molecule has 39 heavy (non-hydrogen) atoms. The topological polar surface area (TPSA) is 156 Å². The van der Waals surface area contributed by atoms with Gasteiger partial charge in [-0.1, -0.05) is 42.5 Å². The quantitative estimate of drug-likeness (QED) is 0.212. The highest BCUT2D eigenvalue weighted by atomic mass is 16.5. The van der Waals surface area contributed by atoms with Crippen molar-refractivity contribution in [2.75, 3.05) is 17.7 Å². The fourth-order valence-corrected chi connectivity index (χ4v) is 4.21. The van der Waals surface area contributed by atoms with Gasteiger partial charge in [0.05, 0.1) is 5.56 Å². The Morgan fingerprint density at radius 1 is 1.00 bits per heavy atom. The lowest BCUT2D eigenvalue weighted by Crippen LogP contribution is -2.24. The van der Waals surface area contributed by atoms with Crippen molar-refractivity contribution in [3.05, 3.63) is 94.0 Å². The first-order valence-electron chi connectivity index (χ1n) is 12.0. The van der Waals surface area contributed by atoms with Crippen molar-refractivity contribution in [3.8, 4) is 22.3 Å². The van der Waals surface area contributed by atoms with Crippen LogP contribution in [0.1, 0.15) is 23.8 Å². The average molecular weight is 525 g/mol. The monoisotopic (exact) mass is 524 g/mol. The van der Waals surface area contributed by atoms with Gasteiger partial charge < -0.3 is 20.9 Å². The Morgan fingerprint density at radius 3 is 2.28 bits per heavy atom. The van der Waals surface area contributed by atoms with Crippen molar-refractivity contribution < 1.29 is 14.1 Å².